The molecule has 35 heavy (non-hydrogen) atoms. The number of hydrogen-bond acceptors (Lipinski definition) is 6. The first kappa shape index (κ1) is 26.1. The highest BCUT2D eigenvalue weighted by Gasteiger charge is 2.27. The molecule has 0 aromatic heterocycles. The number of methoxy groups -OCH3 is 3. The highest BCUT2D eigenvalue weighted by molar-refractivity contribution is 7.89. The minimum Gasteiger partial charge on any atom is -0.496 e. The Balaban J connectivity index is 1.89. The van der Waals surface area contributed by atoms with Gasteiger partial charge >= 0.3 is 0 Å². The van der Waals surface area contributed by atoms with Crippen LogP contribution < -0.4 is 24.2 Å². The van der Waals surface area contributed by atoms with Gasteiger partial charge < -0.3 is 19.5 Å². The Kier molecular flexibility index (Phi) is 8.73. The van der Waals surface area contributed by atoms with Crippen LogP contribution in [0.2, 0.25) is 0 Å². The number of nitrogens with one attached hydrogen (secondary N) is 2. The molecule has 8 nitrogen and oxygen atoms in total. The molecular weight excluding hydrogens is 468 g/mol. The number of carbonyl (C=O) groups is 1. The van der Waals surface area contributed by atoms with Crippen LogP contribution in [0, 0.1) is 6.92 Å². The molecule has 0 aliphatic carbocycles. The van der Waals surface area contributed by atoms with E-state index in [1.165, 1.54) is 26.4 Å². The predicted molar refractivity (Wildman–Crippen MR) is 133 cm³/mol. The maximum Gasteiger partial charge on any atom is 0.241 e. The molecule has 9 heteroatoms. The fourth-order valence-corrected chi connectivity index (χ4v) is 4.89. The molecule has 0 heterocycles. The molecule has 0 aliphatic heterocycles. The zero-order valence-corrected chi connectivity index (χ0v) is 21.0. The molecule has 0 fully saturated rings. The van der Waals surface area contributed by atoms with Crippen molar-refractivity contribution in [2.75, 3.05) is 21.3 Å². The Bertz CT molecular complexity index is 1260. The fraction of sp³-hybridized carbons (Fsp3) is 0.269. The van der Waals surface area contributed by atoms with Gasteiger partial charge in [0.15, 0.2) is 11.5 Å². The van der Waals surface area contributed by atoms with Crippen molar-refractivity contribution in [3.05, 3.63) is 83.4 Å². The maximum atomic E-state index is 13.2. The van der Waals surface area contributed by atoms with Gasteiger partial charge in [-0.15, -0.1) is 0 Å². The lowest BCUT2D eigenvalue weighted by Gasteiger charge is -2.22. The summed E-state index contributed by atoms with van der Waals surface area (Å²) in [6.07, 6.45) is -0.163. The summed E-state index contributed by atoms with van der Waals surface area (Å²) in [7, 11) is 0.582. The van der Waals surface area contributed by atoms with E-state index < -0.39 is 16.1 Å². The zero-order valence-electron chi connectivity index (χ0n) is 20.2. The molecule has 186 valence electrons. The Morgan fingerprint density at radius 3 is 2.17 bits per heavy atom. The summed E-state index contributed by atoms with van der Waals surface area (Å²) in [5.41, 5.74) is 2.22. The van der Waals surface area contributed by atoms with Crippen molar-refractivity contribution in [2.45, 2.75) is 30.8 Å². The normalized spacial score (nSPS) is 12.0. The third kappa shape index (κ3) is 6.52. The molecule has 1 amide bonds. The zero-order chi connectivity index (χ0) is 25.4. The largest absolute Gasteiger partial charge is 0.496 e. The van der Waals surface area contributed by atoms with Crippen LogP contribution in [0.1, 0.15) is 29.2 Å². The Labute approximate surface area is 206 Å². The molecule has 3 aromatic rings. The molecule has 0 unspecified atom stereocenters. The van der Waals surface area contributed by atoms with Crippen LogP contribution >= 0.6 is 0 Å². The highest BCUT2D eigenvalue weighted by atomic mass is 32.2. The Morgan fingerprint density at radius 2 is 1.51 bits per heavy atom. The average molecular weight is 499 g/mol. The van der Waals surface area contributed by atoms with Crippen molar-refractivity contribution in [1.82, 2.24) is 10.0 Å². The van der Waals surface area contributed by atoms with Gasteiger partial charge in [-0.1, -0.05) is 48.0 Å². The first-order valence-electron chi connectivity index (χ1n) is 11.0. The molecule has 0 saturated heterocycles. The lowest BCUT2D eigenvalue weighted by molar-refractivity contribution is -0.121. The van der Waals surface area contributed by atoms with Gasteiger partial charge in [0.2, 0.25) is 15.9 Å². The molecule has 0 spiro atoms. The maximum absolute atomic E-state index is 13.2. The first-order chi connectivity index (χ1) is 16.8. The van der Waals surface area contributed by atoms with Crippen LogP contribution in [0.4, 0.5) is 0 Å². The van der Waals surface area contributed by atoms with Crippen molar-refractivity contribution in [1.29, 1.82) is 0 Å². The average Bonchev–Trinajstić information content (AvgIpc) is 2.86. The second kappa shape index (κ2) is 11.7. The minimum absolute atomic E-state index is 0.101. The van der Waals surface area contributed by atoms with Crippen LogP contribution in [-0.2, 0) is 21.4 Å². The molecule has 0 aliphatic rings. The quantitative estimate of drug-likeness (QED) is 0.417. The van der Waals surface area contributed by atoms with Gasteiger partial charge in [0, 0.05) is 24.1 Å². The lowest BCUT2D eigenvalue weighted by atomic mass is 10.0. The summed E-state index contributed by atoms with van der Waals surface area (Å²) < 4.78 is 45.3. The SMILES string of the molecule is COc1ccccc1CNC(=O)C[C@@H](NS(=O)(=O)c1ccc(C)cc1)c1cccc(OC)c1OC. The summed E-state index contributed by atoms with van der Waals surface area (Å²) in [6, 6.07) is 18.1. The predicted octanol–water partition coefficient (Wildman–Crippen LogP) is 3.75. The first-order valence-corrected chi connectivity index (χ1v) is 12.5. The number of benzene rings is 3. The topological polar surface area (TPSA) is 103 Å². The Hall–Kier alpha value is -3.56. The van der Waals surface area contributed by atoms with Crippen LogP contribution in [0.5, 0.6) is 17.2 Å². The standard InChI is InChI=1S/C26H30N2O6S/c1-18-12-14-20(15-13-18)35(30,31)28-22(21-9-7-11-24(33-3)26(21)34-4)16-25(29)27-17-19-8-5-6-10-23(19)32-2/h5-15,22,28H,16-17H2,1-4H3,(H,27,29)/t22-/m1/s1. The van der Waals surface area contributed by atoms with E-state index in [4.69, 9.17) is 14.2 Å². The van der Waals surface area contributed by atoms with Gasteiger partial charge in [-0.05, 0) is 31.2 Å². The molecule has 0 radical (unpaired) electrons. The van der Waals surface area contributed by atoms with Crippen molar-refractivity contribution in [3.8, 4) is 17.2 Å². The smallest absolute Gasteiger partial charge is 0.241 e. The van der Waals surface area contributed by atoms with E-state index in [1.54, 1.807) is 43.5 Å². The number of para-hydroxylation sites is 2. The van der Waals surface area contributed by atoms with Gasteiger partial charge in [-0.2, -0.15) is 0 Å². The monoisotopic (exact) mass is 498 g/mol. The van der Waals surface area contributed by atoms with E-state index in [2.05, 4.69) is 10.0 Å². The van der Waals surface area contributed by atoms with Gasteiger partial charge in [0.05, 0.1) is 32.3 Å². The van der Waals surface area contributed by atoms with Gasteiger partial charge in [-0.3, -0.25) is 4.79 Å². The van der Waals surface area contributed by atoms with Crippen LogP contribution in [0.3, 0.4) is 0 Å². The summed E-state index contributed by atoms with van der Waals surface area (Å²) >= 11 is 0. The van der Waals surface area contributed by atoms with Crippen molar-refractivity contribution in [3.63, 3.8) is 0 Å². The molecule has 3 aromatic carbocycles. The summed E-state index contributed by atoms with van der Waals surface area (Å²) in [4.78, 5) is 13.1. The highest BCUT2D eigenvalue weighted by Crippen LogP contribution is 2.36. The third-order valence-electron chi connectivity index (χ3n) is 5.50. The number of sulfonamides is 1. The minimum atomic E-state index is -3.94. The number of carbonyl (C=O) groups excluding carboxylic acids is 1. The number of aryl methyl sites for hydroxylation is 1. The van der Waals surface area contributed by atoms with E-state index in [0.717, 1.165) is 11.1 Å². The van der Waals surface area contributed by atoms with E-state index in [-0.39, 0.29) is 23.8 Å². The second-order valence-electron chi connectivity index (χ2n) is 7.86. The lowest BCUT2D eigenvalue weighted by Crippen LogP contribution is -2.34. The summed E-state index contributed by atoms with van der Waals surface area (Å²) in [5.74, 6) is 1.08. The number of rotatable bonds is 11. The number of ether oxygens (including phenoxy) is 3. The van der Waals surface area contributed by atoms with E-state index in [9.17, 15) is 13.2 Å². The van der Waals surface area contributed by atoms with E-state index >= 15 is 0 Å². The molecule has 3 rings (SSSR count). The van der Waals surface area contributed by atoms with E-state index in [0.29, 0.717) is 22.8 Å². The van der Waals surface area contributed by atoms with Gasteiger partial charge in [0.1, 0.15) is 5.75 Å². The van der Waals surface area contributed by atoms with Crippen LogP contribution in [-0.4, -0.2) is 35.7 Å². The third-order valence-corrected chi connectivity index (χ3v) is 6.98. The Morgan fingerprint density at radius 1 is 0.857 bits per heavy atom. The second-order valence-corrected chi connectivity index (χ2v) is 9.58. The van der Waals surface area contributed by atoms with Gasteiger partial charge in [0.25, 0.3) is 0 Å². The summed E-state index contributed by atoms with van der Waals surface area (Å²) in [6.45, 7) is 2.11. The fourth-order valence-electron chi connectivity index (χ4n) is 3.67. The van der Waals surface area contributed by atoms with Crippen molar-refractivity contribution >= 4 is 15.9 Å². The van der Waals surface area contributed by atoms with Crippen LogP contribution in [0.15, 0.2) is 71.6 Å². The molecule has 0 bridgehead atoms. The number of amides is 1. The molecule has 2 N–H and O–H groups in total. The molecular formula is C26H30N2O6S. The summed E-state index contributed by atoms with van der Waals surface area (Å²) in [5, 5.41) is 2.85. The van der Waals surface area contributed by atoms with Crippen molar-refractivity contribution < 1.29 is 27.4 Å². The van der Waals surface area contributed by atoms with Crippen LogP contribution in [0.25, 0.3) is 0 Å². The number of hydrogen-bond donors (Lipinski definition) is 2. The molecule has 0 saturated carbocycles. The van der Waals surface area contributed by atoms with Gasteiger partial charge in [-0.25, -0.2) is 13.1 Å². The van der Waals surface area contributed by atoms with Crippen molar-refractivity contribution in [2.24, 2.45) is 0 Å². The van der Waals surface area contributed by atoms with E-state index in [1.807, 2.05) is 25.1 Å². The molecule has 1 atom stereocenters.